The van der Waals surface area contributed by atoms with E-state index in [1.165, 1.54) is 10.6 Å². The molecule has 0 unspecified atom stereocenters. The summed E-state index contributed by atoms with van der Waals surface area (Å²) >= 11 is 5.82. The number of H-pyrrole nitrogens is 1. The SMILES string of the molecule is Nc1cc2nc(-c3ccc(Cl)cc3)cc(=O)n2[nH]1. The molecule has 0 atom stereocenters. The number of aromatic nitrogens is 3. The molecule has 0 bridgehead atoms. The molecular formula is C12H9ClN4O. The van der Waals surface area contributed by atoms with Crippen molar-refractivity contribution in [1.82, 2.24) is 14.6 Å². The van der Waals surface area contributed by atoms with Crippen LogP contribution in [-0.4, -0.2) is 14.6 Å². The Morgan fingerprint density at radius 2 is 1.94 bits per heavy atom. The summed E-state index contributed by atoms with van der Waals surface area (Å²) in [7, 11) is 0. The van der Waals surface area contributed by atoms with E-state index >= 15 is 0 Å². The molecular weight excluding hydrogens is 252 g/mol. The Hall–Kier alpha value is -2.27. The average molecular weight is 261 g/mol. The molecule has 0 aliphatic rings. The minimum absolute atomic E-state index is 0.207. The normalized spacial score (nSPS) is 10.9. The highest BCUT2D eigenvalue weighted by Gasteiger charge is 2.06. The molecule has 0 saturated heterocycles. The lowest BCUT2D eigenvalue weighted by Gasteiger charge is -2.01. The Balaban J connectivity index is 2.24. The maximum absolute atomic E-state index is 11.9. The first-order valence-corrected chi connectivity index (χ1v) is 5.65. The van der Waals surface area contributed by atoms with E-state index in [4.69, 9.17) is 17.3 Å². The molecule has 0 saturated carbocycles. The van der Waals surface area contributed by atoms with Crippen LogP contribution in [0.15, 0.2) is 41.2 Å². The van der Waals surface area contributed by atoms with Crippen LogP contribution >= 0.6 is 11.6 Å². The zero-order valence-electron chi connectivity index (χ0n) is 9.22. The molecule has 1 aromatic carbocycles. The first kappa shape index (κ1) is 10.9. The van der Waals surface area contributed by atoms with Crippen molar-refractivity contribution in [3.8, 4) is 11.3 Å². The highest BCUT2D eigenvalue weighted by molar-refractivity contribution is 6.30. The maximum atomic E-state index is 11.9. The number of hydrogen-bond acceptors (Lipinski definition) is 3. The van der Waals surface area contributed by atoms with E-state index in [-0.39, 0.29) is 5.56 Å². The molecule has 0 spiro atoms. The third-order valence-electron chi connectivity index (χ3n) is 2.61. The van der Waals surface area contributed by atoms with Gasteiger partial charge in [-0.05, 0) is 12.1 Å². The molecule has 2 aromatic heterocycles. The number of nitrogen functional groups attached to an aromatic ring is 1. The van der Waals surface area contributed by atoms with Crippen molar-refractivity contribution in [2.45, 2.75) is 0 Å². The zero-order chi connectivity index (χ0) is 12.7. The van der Waals surface area contributed by atoms with Gasteiger partial charge in [0.15, 0.2) is 5.65 Å². The third kappa shape index (κ3) is 1.74. The first-order valence-electron chi connectivity index (χ1n) is 5.28. The van der Waals surface area contributed by atoms with E-state index in [9.17, 15) is 4.79 Å². The zero-order valence-corrected chi connectivity index (χ0v) is 9.98. The molecule has 3 aromatic rings. The fourth-order valence-electron chi connectivity index (χ4n) is 1.78. The highest BCUT2D eigenvalue weighted by Crippen LogP contribution is 2.19. The Morgan fingerprint density at radius 3 is 2.67 bits per heavy atom. The van der Waals surface area contributed by atoms with E-state index in [0.29, 0.717) is 22.2 Å². The molecule has 0 radical (unpaired) electrons. The number of nitrogens with two attached hydrogens (primary N) is 1. The smallest absolute Gasteiger partial charge is 0.273 e. The lowest BCUT2D eigenvalue weighted by Crippen LogP contribution is -2.14. The van der Waals surface area contributed by atoms with Gasteiger partial charge in [-0.25, -0.2) is 4.98 Å². The Kier molecular flexibility index (Phi) is 2.34. The number of aromatic amines is 1. The van der Waals surface area contributed by atoms with Gasteiger partial charge in [0.05, 0.1) is 5.69 Å². The number of halogens is 1. The Bertz CT molecular complexity index is 773. The van der Waals surface area contributed by atoms with E-state index in [2.05, 4.69) is 10.1 Å². The topological polar surface area (TPSA) is 76.2 Å². The largest absolute Gasteiger partial charge is 0.384 e. The van der Waals surface area contributed by atoms with Gasteiger partial charge in [0.1, 0.15) is 5.82 Å². The fourth-order valence-corrected chi connectivity index (χ4v) is 1.90. The van der Waals surface area contributed by atoms with Gasteiger partial charge >= 0.3 is 0 Å². The van der Waals surface area contributed by atoms with Crippen LogP contribution in [0.3, 0.4) is 0 Å². The van der Waals surface area contributed by atoms with Crippen molar-refractivity contribution >= 4 is 23.1 Å². The maximum Gasteiger partial charge on any atom is 0.273 e. The third-order valence-corrected chi connectivity index (χ3v) is 2.86. The number of anilines is 1. The van der Waals surface area contributed by atoms with Gasteiger partial charge in [0.2, 0.25) is 0 Å². The van der Waals surface area contributed by atoms with E-state index in [1.54, 1.807) is 18.2 Å². The average Bonchev–Trinajstić information content (AvgIpc) is 2.71. The Morgan fingerprint density at radius 1 is 1.22 bits per heavy atom. The monoisotopic (exact) mass is 260 g/mol. The van der Waals surface area contributed by atoms with E-state index in [0.717, 1.165) is 5.56 Å². The summed E-state index contributed by atoms with van der Waals surface area (Å²) in [5, 5.41) is 3.35. The number of nitrogens with zero attached hydrogens (tertiary/aromatic N) is 2. The lowest BCUT2D eigenvalue weighted by atomic mass is 10.1. The molecule has 90 valence electrons. The quantitative estimate of drug-likeness (QED) is 0.702. The highest BCUT2D eigenvalue weighted by atomic mass is 35.5. The van der Waals surface area contributed by atoms with Gasteiger partial charge in [0.25, 0.3) is 5.56 Å². The van der Waals surface area contributed by atoms with Crippen LogP contribution in [0.25, 0.3) is 16.9 Å². The minimum Gasteiger partial charge on any atom is -0.384 e. The standard InChI is InChI=1S/C12H9ClN4O/c13-8-3-1-7(2-4-8)9-5-12(18)17-11(15-9)6-10(14)16-17/h1-6,16H,14H2. The molecule has 5 nitrogen and oxygen atoms in total. The molecule has 6 heteroatoms. The van der Waals surface area contributed by atoms with Crippen LogP contribution in [0.4, 0.5) is 5.82 Å². The molecule has 0 aliphatic heterocycles. The van der Waals surface area contributed by atoms with Crippen molar-refractivity contribution in [3.05, 3.63) is 51.8 Å². The molecule has 3 rings (SSSR count). The molecule has 0 amide bonds. The summed E-state index contributed by atoms with van der Waals surface area (Å²) in [4.78, 5) is 16.2. The van der Waals surface area contributed by atoms with Crippen molar-refractivity contribution < 1.29 is 0 Å². The van der Waals surface area contributed by atoms with Gasteiger partial charge in [-0.15, -0.1) is 0 Å². The summed E-state index contributed by atoms with van der Waals surface area (Å²) in [6, 6.07) is 10.2. The summed E-state index contributed by atoms with van der Waals surface area (Å²) < 4.78 is 1.30. The van der Waals surface area contributed by atoms with Gasteiger partial charge in [-0.1, -0.05) is 23.7 Å². The van der Waals surface area contributed by atoms with Crippen LogP contribution in [0.5, 0.6) is 0 Å². The van der Waals surface area contributed by atoms with Crippen molar-refractivity contribution in [1.29, 1.82) is 0 Å². The summed E-state index contributed by atoms with van der Waals surface area (Å²) in [5.74, 6) is 0.396. The van der Waals surface area contributed by atoms with Crippen LogP contribution < -0.4 is 11.3 Å². The summed E-state index contributed by atoms with van der Waals surface area (Å²) in [6.07, 6.45) is 0. The van der Waals surface area contributed by atoms with Gasteiger partial charge in [-0.2, -0.15) is 4.52 Å². The fraction of sp³-hybridized carbons (Fsp3) is 0. The van der Waals surface area contributed by atoms with Crippen molar-refractivity contribution in [2.24, 2.45) is 0 Å². The van der Waals surface area contributed by atoms with E-state index in [1.807, 2.05) is 12.1 Å². The van der Waals surface area contributed by atoms with Crippen LogP contribution in [-0.2, 0) is 0 Å². The summed E-state index contributed by atoms with van der Waals surface area (Å²) in [6.45, 7) is 0. The Labute approximate surface area is 107 Å². The van der Waals surface area contributed by atoms with Gasteiger partial charge in [-0.3, -0.25) is 9.89 Å². The van der Waals surface area contributed by atoms with Crippen LogP contribution in [0, 0.1) is 0 Å². The van der Waals surface area contributed by atoms with E-state index < -0.39 is 0 Å². The predicted molar refractivity (Wildman–Crippen MR) is 70.7 cm³/mol. The number of fused-ring (bicyclic) bond motifs is 1. The van der Waals surface area contributed by atoms with Gasteiger partial charge < -0.3 is 5.73 Å². The number of rotatable bonds is 1. The van der Waals surface area contributed by atoms with Gasteiger partial charge in [0, 0.05) is 22.7 Å². The van der Waals surface area contributed by atoms with Crippen LogP contribution in [0.1, 0.15) is 0 Å². The summed E-state index contributed by atoms with van der Waals surface area (Å²) in [5.41, 5.74) is 7.30. The second kappa shape index (κ2) is 3.89. The van der Waals surface area contributed by atoms with Crippen LogP contribution in [0.2, 0.25) is 5.02 Å². The molecule has 0 aliphatic carbocycles. The molecule has 2 heterocycles. The number of hydrogen-bond donors (Lipinski definition) is 2. The van der Waals surface area contributed by atoms with Crippen molar-refractivity contribution in [2.75, 3.05) is 5.73 Å². The molecule has 0 fully saturated rings. The predicted octanol–water partition coefficient (Wildman–Crippen LogP) is 1.93. The minimum atomic E-state index is -0.207. The second-order valence-corrected chi connectivity index (χ2v) is 4.33. The first-order chi connectivity index (χ1) is 8.63. The number of benzene rings is 1. The number of nitrogens with one attached hydrogen (secondary N) is 1. The lowest BCUT2D eigenvalue weighted by molar-refractivity contribution is 0.906. The molecule has 18 heavy (non-hydrogen) atoms. The molecule has 3 N–H and O–H groups in total. The van der Waals surface area contributed by atoms with Crippen molar-refractivity contribution in [3.63, 3.8) is 0 Å². The second-order valence-electron chi connectivity index (χ2n) is 3.89.